The molecule has 25 heavy (non-hydrogen) atoms. The number of aryl methyl sites for hydroxylation is 1. The number of esters is 1. The summed E-state index contributed by atoms with van der Waals surface area (Å²) in [7, 11) is 1.30. The van der Waals surface area contributed by atoms with Gasteiger partial charge in [-0.2, -0.15) is 0 Å². The van der Waals surface area contributed by atoms with Crippen LogP contribution in [-0.4, -0.2) is 24.0 Å². The maximum absolute atomic E-state index is 12.6. The average molecular weight is 352 g/mol. The summed E-state index contributed by atoms with van der Waals surface area (Å²) in [5.74, 6) is -0.858. The van der Waals surface area contributed by atoms with Crippen LogP contribution >= 0.6 is 11.3 Å². The zero-order valence-electron chi connectivity index (χ0n) is 13.8. The average Bonchev–Trinajstić information content (AvgIpc) is 3.04. The fourth-order valence-electron chi connectivity index (χ4n) is 2.37. The first-order valence-corrected chi connectivity index (χ1v) is 8.43. The number of para-hydroxylation sites is 1. The normalized spacial score (nSPS) is 10.3. The Bertz CT molecular complexity index is 919. The van der Waals surface area contributed by atoms with Crippen molar-refractivity contribution in [3.8, 4) is 10.6 Å². The first-order valence-electron chi connectivity index (χ1n) is 7.61. The number of methoxy groups -OCH3 is 1. The fraction of sp³-hybridized carbons (Fsp3) is 0.105. The number of anilines is 1. The number of hydrogen-bond donors (Lipinski definition) is 1. The van der Waals surface area contributed by atoms with Crippen LogP contribution in [0.4, 0.5) is 5.69 Å². The summed E-state index contributed by atoms with van der Waals surface area (Å²) in [6.07, 6.45) is 0. The lowest BCUT2D eigenvalue weighted by atomic mass is 10.1. The maximum Gasteiger partial charge on any atom is 0.339 e. The zero-order chi connectivity index (χ0) is 17.8. The second-order valence-corrected chi connectivity index (χ2v) is 6.48. The maximum atomic E-state index is 12.6. The van der Waals surface area contributed by atoms with Gasteiger partial charge in [-0.25, -0.2) is 9.78 Å². The van der Waals surface area contributed by atoms with Gasteiger partial charge in [-0.05, 0) is 19.1 Å². The fourth-order valence-corrected chi connectivity index (χ4v) is 3.29. The van der Waals surface area contributed by atoms with E-state index in [0.717, 1.165) is 15.4 Å². The van der Waals surface area contributed by atoms with Crippen LogP contribution in [0.15, 0.2) is 54.6 Å². The number of thiazole rings is 1. The van der Waals surface area contributed by atoms with E-state index in [1.54, 1.807) is 24.3 Å². The number of nitrogens with one attached hydrogen (secondary N) is 1. The van der Waals surface area contributed by atoms with Crippen molar-refractivity contribution < 1.29 is 14.3 Å². The van der Waals surface area contributed by atoms with Gasteiger partial charge in [0.1, 0.15) is 10.7 Å². The lowest BCUT2D eigenvalue weighted by molar-refractivity contribution is 0.0602. The Kier molecular flexibility index (Phi) is 4.90. The third-order valence-corrected chi connectivity index (χ3v) is 4.63. The highest BCUT2D eigenvalue weighted by Gasteiger charge is 2.19. The van der Waals surface area contributed by atoms with E-state index in [0.29, 0.717) is 16.9 Å². The number of nitrogens with zero attached hydrogens (tertiary/aromatic N) is 1. The van der Waals surface area contributed by atoms with Crippen molar-refractivity contribution in [2.24, 2.45) is 0 Å². The van der Waals surface area contributed by atoms with Crippen molar-refractivity contribution >= 4 is 28.9 Å². The van der Waals surface area contributed by atoms with E-state index < -0.39 is 5.97 Å². The summed E-state index contributed by atoms with van der Waals surface area (Å²) in [4.78, 5) is 29.7. The van der Waals surface area contributed by atoms with Gasteiger partial charge in [0.05, 0.1) is 18.4 Å². The van der Waals surface area contributed by atoms with Crippen LogP contribution in [0.25, 0.3) is 10.6 Å². The topological polar surface area (TPSA) is 68.3 Å². The molecule has 0 spiro atoms. The van der Waals surface area contributed by atoms with Gasteiger partial charge in [-0.3, -0.25) is 4.79 Å². The van der Waals surface area contributed by atoms with E-state index >= 15 is 0 Å². The van der Waals surface area contributed by atoms with E-state index in [9.17, 15) is 9.59 Å². The summed E-state index contributed by atoms with van der Waals surface area (Å²) in [5, 5.41) is 3.53. The van der Waals surface area contributed by atoms with Crippen molar-refractivity contribution in [2.75, 3.05) is 12.4 Å². The van der Waals surface area contributed by atoms with Crippen LogP contribution in [0.1, 0.15) is 25.7 Å². The Labute approximate surface area is 149 Å². The van der Waals surface area contributed by atoms with E-state index in [1.807, 2.05) is 37.3 Å². The minimum atomic E-state index is -0.504. The minimum absolute atomic E-state index is 0.300. The predicted molar refractivity (Wildman–Crippen MR) is 98.0 cm³/mol. The standard InChI is InChI=1S/C19H16N2O3S/c1-12-16(21-18(25-12)13-8-4-3-5-9-13)17(22)20-15-11-7-6-10-14(15)19(23)24-2/h3-11H,1-2H3,(H,20,22). The van der Waals surface area contributed by atoms with Gasteiger partial charge in [-0.15, -0.1) is 11.3 Å². The Morgan fingerprint density at radius 3 is 2.44 bits per heavy atom. The molecular weight excluding hydrogens is 336 g/mol. The van der Waals surface area contributed by atoms with Gasteiger partial charge in [0.15, 0.2) is 0 Å². The molecule has 0 bridgehead atoms. The molecule has 2 aromatic carbocycles. The minimum Gasteiger partial charge on any atom is -0.465 e. The summed E-state index contributed by atoms with van der Waals surface area (Å²) in [5.41, 5.74) is 2.01. The van der Waals surface area contributed by atoms with E-state index in [1.165, 1.54) is 18.4 Å². The number of aromatic nitrogens is 1. The lowest BCUT2D eigenvalue weighted by Gasteiger charge is -2.08. The highest BCUT2D eigenvalue weighted by atomic mass is 32.1. The molecule has 0 aliphatic heterocycles. The van der Waals surface area contributed by atoms with Gasteiger partial charge in [0, 0.05) is 10.4 Å². The number of carbonyl (C=O) groups excluding carboxylic acids is 2. The van der Waals surface area contributed by atoms with Gasteiger partial charge < -0.3 is 10.1 Å². The number of benzene rings is 2. The Hall–Kier alpha value is -2.99. The molecular formula is C19H16N2O3S. The molecule has 0 aliphatic rings. The number of rotatable bonds is 4. The van der Waals surface area contributed by atoms with Crippen LogP contribution in [0.2, 0.25) is 0 Å². The molecule has 5 nitrogen and oxygen atoms in total. The molecule has 1 N–H and O–H groups in total. The molecule has 0 radical (unpaired) electrons. The molecule has 3 aromatic rings. The molecule has 126 valence electrons. The molecule has 1 aromatic heterocycles. The molecule has 0 saturated heterocycles. The van der Waals surface area contributed by atoms with Crippen LogP contribution in [0, 0.1) is 6.92 Å². The first kappa shape index (κ1) is 16.9. The third-order valence-electron chi connectivity index (χ3n) is 3.61. The monoisotopic (exact) mass is 352 g/mol. The smallest absolute Gasteiger partial charge is 0.339 e. The zero-order valence-corrected chi connectivity index (χ0v) is 14.6. The Balaban J connectivity index is 1.88. The summed E-state index contributed by atoms with van der Waals surface area (Å²) in [6.45, 7) is 1.85. The molecule has 1 heterocycles. The summed E-state index contributed by atoms with van der Waals surface area (Å²) >= 11 is 1.46. The first-order chi connectivity index (χ1) is 12.1. The van der Waals surface area contributed by atoms with Crippen LogP contribution in [0.5, 0.6) is 0 Å². The largest absolute Gasteiger partial charge is 0.465 e. The predicted octanol–water partition coefficient (Wildman–Crippen LogP) is 4.16. The molecule has 0 atom stereocenters. The van der Waals surface area contributed by atoms with E-state index in [4.69, 9.17) is 4.74 Å². The van der Waals surface area contributed by atoms with Crippen LogP contribution < -0.4 is 5.32 Å². The molecule has 0 unspecified atom stereocenters. The molecule has 0 saturated carbocycles. The van der Waals surface area contributed by atoms with E-state index in [2.05, 4.69) is 10.3 Å². The lowest BCUT2D eigenvalue weighted by Crippen LogP contribution is -2.16. The molecule has 0 aliphatic carbocycles. The third kappa shape index (κ3) is 3.59. The number of ether oxygens (including phenoxy) is 1. The van der Waals surface area contributed by atoms with Gasteiger partial charge in [0.2, 0.25) is 0 Å². The Morgan fingerprint density at radius 2 is 1.72 bits per heavy atom. The van der Waals surface area contributed by atoms with Gasteiger partial charge in [0.25, 0.3) is 5.91 Å². The number of amides is 1. The second-order valence-electron chi connectivity index (χ2n) is 5.28. The van der Waals surface area contributed by atoms with E-state index in [-0.39, 0.29) is 5.91 Å². The summed E-state index contributed by atoms with van der Waals surface area (Å²) in [6, 6.07) is 16.4. The summed E-state index contributed by atoms with van der Waals surface area (Å²) < 4.78 is 4.75. The van der Waals surface area contributed by atoms with Crippen molar-refractivity contribution in [1.82, 2.24) is 4.98 Å². The van der Waals surface area contributed by atoms with Crippen LogP contribution in [0.3, 0.4) is 0 Å². The highest BCUT2D eigenvalue weighted by molar-refractivity contribution is 7.15. The quantitative estimate of drug-likeness (QED) is 0.716. The molecule has 6 heteroatoms. The van der Waals surface area contributed by atoms with Crippen molar-refractivity contribution in [2.45, 2.75) is 6.92 Å². The van der Waals surface area contributed by atoms with Crippen molar-refractivity contribution in [1.29, 1.82) is 0 Å². The van der Waals surface area contributed by atoms with Gasteiger partial charge in [-0.1, -0.05) is 42.5 Å². The molecule has 1 amide bonds. The second kappa shape index (κ2) is 7.27. The van der Waals surface area contributed by atoms with Crippen molar-refractivity contribution in [3.05, 3.63) is 70.7 Å². The SMILES string of the molecule is COC(=O)c1ccccc1NC(=O)c1nc(-c2ccccc2)sc1C. The highest BCUT2D eigenvalue weighted by Crippen LogP contribution is 2.28. The van der Waals surface area contributed by atoms with Crippen molar-refractivity contribution in [3.63, 3.8) is 0 Å². The van der Waals surface area contributed by atoms with Crippen LogP contribution in [-0.2, 0) is 4.74 Å². The molecule has 3 rings (SSSR count). The Morgan fingerprint density at radius 1 is 1.04 bits per heavy atom. The number of hydrogen-bond acceptors (Lipinski definition) is 5. The van der Waals surface area contributed by atoms with Gasteiger partial charge >= 0.3 is 5.97 Å². The number of carbonyl (C=O) groups is 2. The molecule has 0 fully saturated rings.